The smallest absolute Gasteiger partial charge is 0.269 e. The van der Waals surface area contributed by atoms with E-state index in [-0.39, 0.29) is 24.0 Å². The fourth-order valence-electron chi connectivity index (χ4n) is 2.67. The Hall–Kier alpha value is -1.40. The van der Waals surface area contributed by atoms with Crippen LogP contribution in [0.5, 0.6) is 0 Å². The van der Waals surface area contributed by atoms with Gasteiger partial charge in [0.15, 0.2) is 0 Å². The molecule has 0 unspecified atom stereocenters. The second kappa shape index (κ2) is 4.94. The molecule has 0 aliphatic heterocycles. The summed E-state index contributed by atoms with van der Waals surface area (Å²) < 4.78 is 5.64. The molecule has 1 heterocycles. The minimum absolute atomic E-state index is 0.0479. The summed E-state index contributed by atoms with van der Waals surface area (Å²) in [5.74, 6) is -0.255. The van der Waals surface area contributed by atoms with Crippen molar-refractivity contribution in [3.63, 3.8) is 0 Å². The first-order chi connectivity index (χ1) is 8.97. The van der Waals surface area contributed by atoms with Crippen LogP contribution < -0.4 is 5.32 Å². The topological polar surface area (TPSA) is 87.2 Å². The van der Waals surface area contributed by atoms with Crippen LogP contribution in [0.1, 0.15) is 37.7 Å². The second-order valence-electron chi connectivity index (χ2n) is 5.53. The van der Waals surface area contributed by atoms with Crippen LogP contribution in [0.4, 0.5) is 0 Å². The number of hydrogen-bond donors (Lipinski definition) is 3. The molecule has 1 fully saturated rings. The highest BCUT2D eigenvalue weighted by Crippen LogP contribution is 2.51. The molecule has 0 bridgehead atoms. The fraction of sp³-hybridized carbons (Fsp3) is 0.692. The molecule has 1 saturated carbocycles. The number of carbonyl (C=O) groups is 1. The third kappa shape index (κ3) is 2.15. The van der Waals surface area contributed by atoms with Crippen LogP contribution in [-0.4, -0.2) is 46.1 Å². The van der Waals surface area contributed by atoms with Gasteiger partial charge < -0.3 is 15.2 Å². The standard InChI is InChI=1S/C13H21N3O3/c1-4-19-10-7-13(8-17,12(10,2)3)15-11(18)9-5-6-14-16-9/h5-6,10,17H,4,7-8H2,1-3H3,(H,14,16)(H,15,18)/t10-,13+/m1/s1. The molecule has 1 aliphatic carbocycles. The van der Waals surface area contributed by atoms with E-state index in [0.29, 0.717) is 18.7 Å². The summed E-state index contributed by atoms with van der Waals surface area (Å²) in [5.41, 5.74) is -0.564. The van der Waals surface area contributed by atoms with Crippen LogP contribution in [-0.2, 0) is 4.74 Å². The van der Waals surface area contributed by atoms with Gasteiger partial charge >= 0.3 is 0 Å². The molecule has 106 valence electrons. The molecule has 19 heavy (non-hydrogen) atoms. The summed E-state index contributed by atoms with van der Waals surface area (Å²) in [6.45, 7) is 6.46. The normalized spacial score (nSPS) is 28.7. The Balaban J connectivity index is 2.11. The maximum absolute atomic E-state index is 12.1. The Morgan fingerprint density at radius 3 is 2.89 bits per heavy atom. The molecule has 0 aromatic carbocycles. The molecule has 6 nitrogen and oxygen atoms in total. The molecule has 2 atom stereocenters. The number of amides is 1. The fourth-order valence-corrected chi connectivity index (χ4v) is 2.67. The number of aromatic amines is 1. The first kappa shape index (κ1) is 14.0. The third-order valence-electron chi connectivity index (χ3n) is 4.31. The van der Waals surface area contributed by atoms with Gasteiger partial charge in [-0.15, -0.1) is 0 Å². The van der Waals surface area contributed by atoms with Crippen LogP contribution in [0.3, 0.4) is 0 Å². The zero-order chi connectivity index (χ0) is 14.1. The molecule has 0 spiro atoms. The zero-order valence-corrected chi connectivity index (χ0v) is 11.6. The first-order valence-electron chi connectivity index (χ1n) is 6.51. The van der Waals surface area contributed by atoms with Crippen LogP contribution in [0, 0.1) is 5.41 Å². The van der Waals surface area contributed by atoms with Crippen molar-refractivity contribution in [2.45, 2.75) is 38.8 Å². The minimum Gasteiger partial charge on any atom is -0.394 e. The van der Waals surface area contributed by atoms with Crippen LogP contribution >= 0.6 is 0 Å². The summed E-state index contributed by atoms with van der Waals surface area (Å²) in [4.78, 5) is 12.1. The molecule has 0 radical (unpaired) electrons. The van der Waals surface area contributed by atoms with Gasteiger partial charge in [0, 0.05) is 24.6 Å². The van der Waals surface area contributed by atoms with Gasteiger partial charge in [-0.2, -0.15) is 5.10 Å². The predicted octanol–water partition coefficient (Wildman–Crippen LogP) is 0.706. The van der Waals surface area contributed by atoms with Gasteiger partial charge in [-0.1, -0.05) is 13.8 Å². The van der Waals surface area contributed by atoms with Crippen LogP contribution in [0.2, 0.25) is 0 Å². The largest absolute Gasteiger partial charge is 0.394 e. The van der Waals surface area contributed by atoms with Gasteiger partial charge in [0.1, 0.15) is 5.69 Å². The number of H-pyrrole nitrogens is 1. The van der Waals surface area contributed by atoms with E-state index in [1.807, 2.05) is 20.8 Å². The molecule has 0 saturated heterocycles. The molecular weight excluding hydrogens is 246 g/mol. The minimum atomic E-state index is -0.644. The van der Waals surface area contributed by atoms with Crippen LogP contribution in [0.25, 0.3) is 0 Å². The summed E-state index contributed by atoms with van der Waals surface area (Å²) in [5, 5.41) is 19.0. The number of aliphatic hydroxyl groups excluding tert-OH is 1. The van der Waals surface area contributed by atoms with E-state index in [4.69, 9.17) is 4.74 Å². The lowest BCUT2D eigenvalue weighted by molar-refractivity contribution is -0.172. The van der Waals surface area contributed by atoms with Crippen molar-refractivity contribution < 1.29 is 14.6 Å². The second-order valence-corrected chi connectivity index (χ2v) is 5.53. The van der Waals surface area contributed by atoms with E-state index in [1.165, 1.54) is 6.20 Å². The summed E-state index contributed by atoms with van der Waals surface area (Å²) in [6, 6.07) is 1.60. The molecule has 1 aromatic rings. The molecule has 2 rings (SSSR count). The van der Waals surface area contributed by atoms with Crippen molar-refractivity contribution in [3.8, 4) is 0 Å². The van der Waals surface area contributed by atoms with Crippen molar-refractivity contribution in [3.05, 3.63) is 18.0 Å². The van der Waals surface area contributed by atoms with Gasteiger partial charge in [0.05, 0.1) is 18.2 Å². The van der Waals surface area contributed by atoms with Crippen LogP contribution in [0.15, 0.2) is 12.3 Å². The lowest BCUT2D eigenvalue weighted by Crippen LogP contribution is -2.74. The highest BCUT2D eigenvalue weighted by Gasteiger charge is 2.61. The Kier molecular flexibility index (Phi) is 3.64. The summed E-state index contributed by atoms with van der Waals surface area (Å²) in [7, 11) is 0. The highest BCUT2D eigenvalue weighted by molar-refractivity contribution is 5.92. The summed E-state index contributed by atoms with van der Waals surface area (Å²) in [6.07, 6.45) is 2.19. The molecule has 1 aliphatic rings. The van der Waals surface area contributed by atoms with E-state index in [9.17, 15) is 9.90 Å². The van der Waals surface area contributed by atoms with Crippen molar-refractivity contribution in [2.75, 3.05) is 13.2 Å². The maximum Gasteiger partial charge on any atom is 0.269 e. The Labute approximate surface area is 112 Å². The monoisotopic (exact) mass is 267 g/mol. The lowest BCUT2D eigenvalue weighted by Gasteiger charge is -2.60. The number of carbonyl (C=O) groups excluding carboxylic acids is 1. The Morgan fingerprint density at radius 2 is 2.42 bits per heavy atom. The van der Waals surface area contributed by atoms with Crippen molar-refractivity contribution >= 4 is 5.91 Å². The zero-order valence-electron chi connectivity index (χ0n) is 11.6. The number of ether oxygens (including phenoxy) is 1. The molecule has 1 amide bonds. The number of aliphatic hydroxyl groups is 1. The Morgan fingerprint density at radius 1 is 1.68 bits per heavy atom. The predicted molar refractivity (Wildman–Crippen MR) is 69.7 cm³/mol. The van der Waals surface area contributed by atoms with Gasteiger partial charge in [0.25, 0.3) is 5.91 Å². The number of hydrogen-bond acceptors (Lipinski definition) is 4. The number of nitrogens with one attached hydrogen (secondary N) is 2. The molecule has 6 heteroatoms. The Bertz CT molecular complexity index is 444. The van der Waals surface area contributed by atoms with Gasteiger partial charge in [-0.25, -0.2) is 0 Å². The van der Waals surface area contributed by atoms with Crippen molar-refractivity contribution in [2.24, 2.45) is 5.41 Å². The van der Waals surface area contributed by atoms with E-state index in [0.717, 1.165) is 0 Å². The molecular formula is C13H21N3O3. The van der Waals surface area contributed by atoms with E-state index in [1.54, 1.807) is 6.07 Å². The van der Waals surface area contributed by atoms with E-state index >= 15 is 0 Å². The average Bonchev–Trinajstić information content (AvgIpc) is 2.90. The van der Waals surface area contributed by atoms with Gasteiger partial charge in [0.2, 0.25) is 0 Å². The first-order valence-corrected chi connectivity index (χ1v) is 6.51. The third-order valence-corrected chi connectivity index (χ3v) is 4.31. The molecule has 1 aromatic heterocycles. The quantitative estimate of drug-likeness (QED) is 0.733. The maximum atomic E-state index is 12.1. The number of rotatable bonds is 5. The van der Waals surface area contributed by atoms with Gasteiger partial charge in [-0.05, 0) is 13.0 Å². The number of nitrogens with zero attached hydrogens (tertiary/aromatic N) is 1. The SMILES string of the molecule is CCO[C@@H]1C[C@@](CO)(NC(=O)c2ccn[nH]2)C1(C)C. The van der Waals surface area contributed by atoms with Gasteiger partial charge in [-0.3, -0.25) is 9.89 Å². The van der Waals surface area contributed by atoms with Crippen molar-refractivity contribution in [1.29, 1.82) is 0 Å². The van der Waals surface area contributed by atoms with E-state index in [2.05, 4.69) is 15.5 Å². The molecule has 3 N–H and O–H groups in total. The average molecular weight is 267 g/mol. The van der Waals surface area contributed by atoms with E-state index < -0.39 is 5.54 Å². The lowest BCUT2D eigenvalue weighted by atomic mass is 9.54. The highest BCUT2D eigenvalue weighted by atomic mass is 16.5. The van der Waals surface area contributed by atoms with Crippen molar-refractivity contribution in [1.82, 2.24) is 15.5 Å². The number of aromatic nitrogens is 2. The summed E-state index contributed by atoms with van der Waals surface area (Å²) >= 11 is 0.